The first-order chi connectivity index (χ1) is 13.8. The molecular weight excluding hydrogens is 354 g/mol. The van der Waals surface area contributed by atoms with E-state index in [-0.39, 0.29) is 12.5 Å². The SMILES string of the molecule is O=C(COc1ccccc1)N1CCC(Cc2nnc(-c3ccccc3)o2)CC1. The molecule has 28 heavy (non-hydrogen) atoms. The van der Waals surface area contributed by atoms with Crippen molar-refractivity contribution in [2.45, 2.75) is 19.3 Å². The van der Waals surface area contributed by atoms with Crippen molar-refractivity contribution in [3.8, 4) is 17.2 Å². The third-order valence-corrected chi connectivity index (χ3v) is 5.02. The van der Waals surface area contributed by atoms with Crippen LogP contribution in [0.2, 0.25) is 0 Å². The Morgan fingerprint density at radius 2 is 1.68 bits per heavy atom. The van der Waals surface area contributed by atoms with Crippen LogP contribution in [0.5, 0.6) is 5.75 Å². The Morgan fingerprint density at radius 1 is 1.00 bits per heavy atom. The van der Waals surface area contributed by atoms with Crippen molar-refractivity contribution in [3.05, 3.63) is 66.6 Å². The highest BCUT2D eigenvalue weighted by Gasteiger charge is 2.24. The van der Waals surface area contributed by atoms with Crippen molar-refractivity contribution >= 4 is 5.91 Å². The van der Waals surface area contributed by atoms with Gasteiger partial charge in [-0.1, -0.05) is 36.4 Å². The molecule has 2 heterocycles. The number of ether oxygens (including phenoxy) is 1. The summed E-state index contributed by atoms with van der Waals surface area (Å²) in [5, 5.41) is 8.34. The molecule has 1 amide bonds. The summed E-state index contributed by atoms with van der Waals surface area (Å²) in [7, 11) is 0. The predicted molar refractivity (Wildman–Crippen MR) is 105 cm³/mol. The monoisotopic (exact) mass is 377 g/mol. The van der Waals surface area contributed by atoms with Gasteiger partial charge in [-0.05, 0) is 43.0 Å². The Labute approximate surface area is 164 Å². The van der Waals surface area contributed by atoms with Crippen LogP contribution in [0.4, 0.5) is 0 Å². The van der Waals surface area contributed by atoms with Gasteiger partial charge in [0.1, 0.15) is 5.75 Å². The van der Waals surface area contributed by atoms with E-state index in [9.17, 15) is 4.79 Å². The highest BCUT2D eigenvalue weighted by Crippen LogP contribution is 2.24. The zero-order chi connectivity index (χ0) is 19.2. The fraction of sp³-hybridized carbons (Fsp3) is 0.318. The van der Waals surface area contributed by atoms with Crippen LogP contribution in [0.1, 0.15) is 18.7 Å². The lowest BCUT2D eigenvalue weighted by atomic mass is 9.93. The van der Waals surface area contributed by atoms with E-state index < -0.39 is 0 Å². The van der Waals surface area contributed by atoms with E-state index in [0.717, 1.165) is 43.7 Å². The number of carbonyl (C=O) groups excluding carboxylic acids is 1. The lowest BCUT2D eigenvalue weighted by molar-refractivity contribution is -0.134. The summed E-state index contributed by atoms with van der Waals surface area (Å²) in [4.78, 5) is 14.2. The summed E-state index contributed by atoms with van der Waals surface area (Å²) >= 11 is 0. The molecule has 3 aromatic rings. The third-order valence-electron chi connectivity index (χ3n) is 5.02. The quantitative estimate of drug-likeness (QED) is 0.657. The van der Waals surface area contributed by atoms with Gasteiger partial charge < -0.3 is 14.1 Å². The maximum atomic E-state index is 12.4. The summed E-state index contributed by atoms with van der Waals surface area (Å²) in [6.45, 7) is 1.56. The molecule has 0 aliphatic carbocycles. The van der Waals surface area contributed by atoms with Crippen LogP contribution in [0.25, 0.3) is 11.5 Å². The maximum absolute atomic E-state index is 12.4. The Kier molecular flexibility index (Phi) is 5.66. The smallest absolute Gasteiger partial charge is 0.260 e. The fourth-order valence-electron chi connectivity index (χ4n) is 3.42. The number of hydrogen-bond acceptors (Lipinski definition) is 5. The summed E-state index contributed by atoms with van der Waals surface area (Å²) in [6, 6.07) is 19.2. The number of likely N-dealkylation sites (tertiary alicyclic amines) is 1. The molecule has 0 N–H and O–H groups in total. The van der Waals surface area contributed by atoms with Gasteiger partial charge in [0.15, 0.2) is 6.61 Å². The average Bonchev–Trinajstić information content (AvgIpc) is 3.22. The van der Waals surface area contributed by atoms with Crippen molar-refractivity contribution < 1.29 is 13.9 Å². The van der Waals surface area contributed by atoms with Crippen LogP contribution in [0, 0.1) is 5.92 Å². The zero-order valence-electron chi connectivity index (χ0n) is 15.7. The molecule has 0 spiro atoms. The first kappa shape index (κ1) is 18.2. The first-order valence-corrected chi connectivity index (χ1v) is 9.61. The van der Waals surface area contributed by atoms with Gasteiger partial charge in [-0.25, -0.2) is 0 Å². The lowest BCUT2D eigenvalue weighted by Crippen LogP contribution is -2.41. The molecule has 0 radical (unpaired) electrons. The Balaban J connectivity index is 1.24. The van der Waals surface area contributed by atoms with Gasteiger partial charge in [0.05, 0.1) is 0 Å². The number of aromatic nitrogens is 2. The molecule has 1 saturated heterocycles. The average molecular weight is 377 g/mol. The maximum Gasteiger partial charge on any atom is 0.260 e. The number of benzene rings is 2. The molecule has 0 saturated carbocycles. The number of rotatable bonds is 6. The number of nitrogens with zero attached hydrogens (tertiary/aromatic N) is 3. The van der Waals surface area contributed by atoms with Gasteiger partial charge in [-0.2, -0.15) is 0 Å². The van der Waals surface area contributed by atoms with E-state index >= 15 is 0 Å². The van der Waals surface area contributed by atoms with Gasteiger partial charge in [0.2, 0.25) is 11.8 Å². The topological polar surface area (TPSA) is 68.5 Å². The summed E-state index contributed by atoms with van der Waals surface area (Å²) in [6.07, 6.45) is 2.61. The van der Waals surface area contributed by atoms with E-state index in [4.69, 9.17) is 9.15 Å². The molecule has 4 rings (SSSR count). The molecule has 144 valence electrons. The minimum absolute atomic E-state index is 0.0338. The molecule has 2 aromatic carbocycles. The van der Waals surface area contributed by atoms with Crippen molar-refractivity contribution in [3.63, 3.8) is 0 Å². The van der Waals surface area contributed by atoms with E-state index in [2.05, 4.69) is 10.2 Å². The molecule has 1 aliphatic rings. The fourth-order valence-corrected chi connectivity index (χ4v) is 3.42. The van der Waals surface area contributed by atoms with E-state index in [1.54, 1.807) is 0 Å². The summed E-state index contributed by atoms with van der Waals surface area (Å²) in [5.41, 5.74) is 0.931. The minimum Gasteiger partial charge on any atom is -0.484 e. The van der Waals surface area contributed by atoms with Crippen molar-refractivity contribution in [2.75, 3.05) is 19.7 Å². The number of amides is 1. The second kappa shape index (κ2) is 8.69. The standard InChI is InChI=1S/C22H23N3O3/c26-21(16-27-19-9-5-2-6-10-19)25-13-11-17(12-14-25)15-20-23-24-22(28-20)18-7-3-1-4-8-18/h1-10,17H,11-16H2. The van der Waals surface area contributed by atoms with E-state index in [1.165, 1.54) is 0 Å². The predicted octanol–water partition coefficient (Wildman–Crippen LogP) is 3.60. The van der Waals surface area contributed by atoms with E-state index in [1.807, 2.05) is 65.6 Å². The van der Waals surface area contributed by atoms with Crippen LogP contribution in [-0.2, 0) is 11.2 Å². The molecule has 0 unspecified atom stereocenters. The molecule has 0 bridgehead atoms. The van der Waals surface area contributed by atoms with Gasteiger partial charge in [0, 0.05) is 25.1 Å². The second-order valence-corrected chi connectivity index (χ2v) is 7.00. The Hall–Kier alpha value is -3.15. The van der Waals surface area contributed by atoms with Gasteiger partial charge in [0.25, 0.3) is 5.91 Å². The number of hydrogen-bond donors (Lipinski definition) is 0. The minimum atomic E-state index is 0.0338. The van der Waals surface area contributed by atoms with Crippen LogP contribution >= 0.6 is 0 Å². The zero-order valence-corrected chi connectivity index (χ0v) is 15.7. The molecule has 0 atom stereocenters. The highest BCUT2D eigenvalue weighted by atomic mass is 16.5. The first-order valence-electron chi connectivity index (χ1n) is 9.61. The summed E-state index contributed by atoms with van der Waals surface area (Å²) in [5.74, 6) is 2.42. The van der Waals surface area contributed by atoms with E-state index in [0.29, 0.717) is 17.7 Å². The Bertz CT molecular complexity index is 888. The number of piperidine rings is 1. The van der Waals surface area contributed by atoms with Gasteiger partial charge in [-0.15, -0.1) is 10.2 Å². The van der Waals surface area contributed by atoms with Crippen LogP contribution in [0.3, 0.4) is 0 Å². The normalized spacial score (nSPS) is 14.8. The third kappa shape index (κ3) is 4.57. The molecule has 6 heteroatoms. The lowest BCUT2D eigenvalue weighted by Gasteiger charge is -2.31. The number of para-hydroxylation sites is 1. The summed E-state index contributed by atoms with van der Waals surface area (Å²) < 4.78 is 11.4. The van der Waals surface area contributed by atoms with Crippen LogP contribution in [0.15, 0.2) is 65.1 Å². The van der Waals surface area contributed by atoms with Gasteiger partial charge >= 0.3 is 0 Å². The second-order valence-electron chi connectivity index (χ2n) is 7.00. The van der Waals surface area contributed by atoms with Crippen molar-refractivity contribution in [1.82, 2.24) is 15.1 Å². The van der Waals surface area contributed by atoms with Crippen molar-refractivity contribution in [1.29, 1.82) is 0 Å². The molecule has 6 nitrogen and oxygen atoms in total. The largest absolute Gasteiger partial charge is 0.484 e. The Morgan fingerprint density at radius 3 is 2.39 bits per heavy atom. The van der Waals surface area contributed by atoms with Crippen LogP contribution < -0.4 is 4.74 Å². The molecular formula is C22H23N3O3. The number of carbonyl (C=O) groups is 1. The highest BCUT2D eigenvalue weighted by molar-refractivity contribution is 5.77. The molecule has 1 aromatic heterocycles. The molecule has 1 fully saturated rings. The van der Waals surface area contributed by atoms with Gasteiger partial charge in [-0.3, -0.25) is 4.79 Å². The van der Waals surface area contributed by atoms with Crippen molar-refractivity contribution in [2.24, 2.45) is 5.92 Å². The van der Waals surface area contributed by atoms with Crippen LogP contribution in [-0.4, -0.2) is 40.7 Å². The molecule has 1 aliphatic heterocycles.